The minimum absolute atomic E-state index is 0.139. The highest BCUT2D eigenvalue weighted by molar-refractivity contribution is 6.01. The van der Waals surface area contributed by atoms with Crippen LogP contribution in [0.4, 0.5) is 4.39 Å². The summed E-state index contributed by atoms with van der Waals surface area (Å²) in [6.45, 7) is 2.04. The molecule has 0 bridgehead atoms. The van der Waals surface area contributed by atoms with E-state index < -0.39 is 6.17 Å². The maximum atomic E-state index is 13.3. The Bertz CT molecular complexity index is 446. The first-order valence-electron chi connectivity index (χ1n) is 5.44. The number of alkyl halides is 1. The molecule has 92 valence electrons. The van der Waals surface area contributed by atoms with Crippen molar-refractivity contribution >= 4 is 5.78 Å². The predicted octanol–water partition coefficient (Wildman–Crippen LogP) is 1.63. The van der Waals surface area contributed by atoms with Crippen molar-refractivity contribution in [3.63, 3.8) is 0 Å². The molecule has 1 aliphatic heterocycles. The molecule has 4 nitrogen and oxygen atoms in total. The van der Waals surface area contributed by atoms with Crippen LogP contribution in [0.1, 0.15) is 29.0 Å². The lowest BCUT2D eigenvalue weighted by molar-refractivity contribution is 0.0990. The molecule has 0 amide bonds. The molecule has 1 aliphatic rings. The second-order valence-electron chi connectivity index (χ2n) is 3.84. The van der Waals surface area contributed by atoms with Crippen LogP contribution in [0, 0.1) is 0 Å². The van der Waals surface area contributed by atoms with Crippen LogP contribution in [0.15, 0.2) is 12.1 Å². The van der Waals surface area contributed by atoms with E-state index in [0.29, 0.717) is 35.8 Å². The van der Waals surface area contributed by atoms with Gasteiger partial charge in [0.05, 0.1) is 12.1 Å². The van der Waals surface area contributed by atoms with Crippen LogP contribution in [0.25, 0.3) is 0 Å². The minimum atomic E-state index is -1.17. The van der Waals surface area contributed by atoms with Gasteiger partial charge >= 0.3 is 0 Å². The van der Waals surface area contributed by atoms with Gasteiger partial charge in [-0.2, -0.15) is 0 Å². The topological polar surface area (TPSA) is 61.6 Å². The molecule has 0 aromatic heterocycles. The van der Waals surface area contributed by atoms with Crippen molar-refractivity contribution in [3.05, 3.63) is 23.3 Å². The number of carbonyl (C=O) groups is 1. The van der Waals surface area contributed by atoms with Gasteiger partial charge in [0.2, 0.25) is 0 Å². The van der Waals surface area contributed by atoms with E-state index in [1.807, 2.05) is 0 Å². The Kier molecular flexibility index (Phi) is 3.28. The number of nitrogens with two attached hydrogens (primary N) is 1. The molecule has 1 atom stereocenters. The van der Waals surface area contributed by atoms with Crippen LogP contribution < -0.4 is 15.2 Å². The average Bonchev–Trinajstić information content (AvgIpc) is 2.36. The lowest BCUT2D eigenvalue weighted by atomic mass is 10.0. The Balaban J connectivity index is 2.54. The van der Waals surface area contributed by atoms with E-state index >= 15 is 0 Å². The number of ketones is 1. The first-order chi connectivity index (χ1) is 8.13. The number of fused-ring (bicyclic) bond motifs is 1. The summed E-state index contributed by atoms with van der Waals surface area (Å²) < 4.78 is 24.1. The monoisotopic (exact) mass is 239 g/mol. The molecule has 1 unspecified atom stereocenters. The summed E-state index contributed by atoms with van der Waals surface area (Å²) in [5, 5.41) is 0. The summed E-state index contributed by atoms with van der Waals surface area (Å²) in [6.07, 6.45) is -1.17. The molecule has 1 heterocycles. The molecule has 2 N–H and O–H groups in total. The van der Waals surface area contributed by atoms with Crippen LogP contribution >= 0.6 is 0 Å². The third-order valence-corrected chi connectivity index (χ3v) is 2.61. The van der Waals surface area contributed by atoms with Crippen LogP contribution in [0.2, 0.25) is 0 Å². The quantitative estimate of drug-likeness (QED) is 0.814. The molecule has 0 saturated carbocycles. The summed E-state index contributed by atoms with van der Waals surface area (Å²) in [6, 6.07) is 3.04. The van der Waals surface area contributed by atoms with Crippen molar-refractivity contribution in [1.82, 2.24) is 0 Å². The zero-order chi connectivity index (χ0) is 12.4. The third-order valence-electron chi connectivity index (χ3n) is 2.61. The number of hydrogen-bond donors (Lipinski definition) is 1. The van der Waals surface area contributed by atoms with Gasteiger partial charge in [-0.25, -0.2) is 4.39 Å². The number of ether oxygens (including phenoxy) is 2. The Morgan fingerprint density at radius 3 is 2.82 bits per heavy atom. The third kappa shape index (κ3) is 2.24. The second kappa shape index (κ2) is 4.71. The highest BCUT2D eigenvalue weighted by atomic mass is 19.1. The summed E-state index contributed by atoms with van der Waals surface area (Å²) in [7, 11) is 0. The lowest BCUT2D eigenvalue weighted by Gasteiger charge is -2.22. The fourth-order valence-electron chi connectivity index (χ4n) is 1.72. The van der Waals surface area contributed by atoms with Crippen LogP contribution in [0.5, 0.6) is 11.5 Å². The number of benzene rings is 1. The molecule has 0 aliphatic carbocycles. The van der Waals surface area contributed by atoms with E-state index in [1.165, 1.54) is 13.0 Å². The van der Waals surface area contributed by atoms with Gasteiger partial charge in [-0.3, -0.25) is 4.79 Å². The minimum Gasteiger partial charge on any atom is -0.486 e. The van der Waals surface area contributed by atoms with E-state index in [4.69, 9.17) is 15.2 Å². The fourth-order valence-corrected chi connectivity index (χ4v) is 1.72. The molecule has 1 aromatic carbocycles. The van der Waals surface area contributed by atoms with Gasteiger partial charge in [-0.05, 0) is 24.6 Å². The SMILES string of the molecule is CC(F)c1cc2c(c(C(=O)CN)c1)OCCO2. The van der Waals surface area contributed by atoms with Crippen molar-refractivity contribution in [2.75, 3.05) is 19.8 Å². The summed E-state index contributed by atoms with van der Waals surface area (Å²) >= 11 is 0. The molecular formula is C12H14FNO3. The predicted molar refractivity (Wildman–Crippen MR) is 60.3 cm³/mol. The fraction of sp³-hybridized carbons (Fsp3) is 0.417. The maximum Gasteiger partial charge on any atom is 0.180 e. The Hall–Kier alpha value is -1.62. The zero-order valence-electron chi connectivity index (χ0n) is 9.53. The normalized spacial score (nSPS) is 15.5. The van der Waals surface area contributed by atoms with Gasteiger partial charge in [0, 0.05) is 0 Å². The van der Waals surface area contributed by atoms with Gasteiger partial charge in [0.15, 0.2) is 17.3 Å². The molecular weight excluding hydrogens is 225 g/mol. The van der Waals surface area contributed by atoms with Crippen molar-refractivity contribution in [3.8, 4) is 11.5 Å². The van der Waals surface area contributed by atoms with Crippen LogP contribution in [-0.2, 0) is 0 Å². The van der Waals surface area contributed by atoms with Gasteiger partial charge in [0.1, 0.15) is 19.4 Å². The molecule has 0 spiro atoms. The van der Waals surface area contributed by atoms with E-state index in [9.17, 15) is 9.18 Å². The number of rotatable bonds is 3. The van der Waals surface area contributed by atoms with E-state index in [0.717, 1.165) is 0 Å². The average molecular weight is 239 g/mol. The van der Waals surface area contributed by atoms with Crippen molar-refractivity contribution in [1.29, 1.82) is 0 Å². The van der Waals surface area contributed by atoms with Crippen molar-refractivity contribution in [2.24, 2.45) is 5.73 Å². The molecule has 0 radical (unpaired) electrons. The molecule has 2 rings (SSSR count). The lowest BCUT2D eigenvalue weighted by Crippen LogP contribution is -2.21. The summed E-state index contributed by atoms with van der Waals surface area (Å²) in [4.78, 5) is 11.7. The van der Waals surface area contributed by atoms with Gasteiger partial charge in [-0.1, -0.05) is 0 Å². The molecule has 1 aromatic rings. The second-order valence-corrected chi connectivity index (χ2v) is 3.84. The Morgan fingerprint density at radius 1 is 1.47 bits per heavy atom. The smallest absolute Gasteiger partial charge is 0.180 e. The van der Waals surface area contributed by atoms with Crippen LogP contribution in [-0.4, -0.2) is 25.5 Å². The summed E-state index contributed by atoms with van der Waals surface area (Å²) in [5.41, 5.74) is 6.01. The molecule has 5 heteroatoms. The number of halogens is 1. The van der Waals surface area contributed by atoms with E-state index in [-0.39, 0.29) is 12.3 Å². The highest BCUT2D eigenvalue weighted by Gasteiger charge is 2.22. The Labute approximate surface area is 98.5 Å². The van der Waals surface area contributed by atoms with Gasteiger partial charge in [0.25, 0.3) is 0 Å². The van der Waals surface area contributed by atoms with E-state index in [1.54, 1.807) is 6.07 Å². The molecule has 17 heavy (non-hydrogen) atoms. The Morgan fingerprint density at radius 2 is 2.18 bits per heavy atom. The van der Waals surface area contributed by atoms with Gasteiger partial charge in [-0.15, -0.1) is 0 Å². The van der Waals surface area contributed by atoms with Gasteiger partial charge < -0.3 is 15.2 Å². The molecule has 0 saturated heterocycles. The first kappa shape index (κ1) is 11.9. The standard InChI is InChI=1S/C12H14FNO3/c1-7(13)8-4-9(10(15)6-14)12-11(5-8)16-2-3-17-12/h4-5,7H,2-3,6,14H2,1H3. The van der Waals surface area contributed by atoms with Crippen molar-refractivity contribution in [2.45, 2.75) is 13.1 Å². The van der Waals surface area contributed by atoms with E-state index in [2.05, 4.69) is 0 Å². The molecule has 0 fully saturated rings. The number of hydrogen-bond acceptors (Lipinski definition) is 4. The summed E-state index contributed by atoms with van der Waals surface area (Å²) in [5.74, 6) is 0.500. The van der Waals surface area contributed by atoms with Crippen molar-refractivity contribution < 1.29 is 18.7 Å². The largest absolute Gasteiger partial charge is 0.486 e. The maximum absolute atomic E-state index is 13.3. The van der Waals surface area contributed by atoms with Crippen LogP contribution in [0.3, 0.4) is 0 Å². The highest BCUT2D eigenvalue weighted by Crippen LogP contribution is 2.37. The first-order valence-corrected chi connectivity index (χ1v) is 5.44. The zero-order valence-corrected chi connectivity index (χ0v) is 9.53. The number of Topliss-reactive ketones (excluding diaryl/α,β-unsaturated/α-hetero) is 1. The number of carbonyl (C=O) groups excluding carboxylic acids is 1.